The maximum atomic E-state index is 12.8. The number of hydrogen-bond donors (Lipinski definition) is 0. The third-order valence-corrected chi connectivity index (χ3v) is 4.80. The molecule has 100 valence electrons. The lowest BCUT2D eigenvalue weighted by molar-refractivity contribution is 0.0672. The number of benzene rings is 2. The van der Waals surface area contributed by atoms with Crippen molar-refractivity contribution in [3.63, 3.8) is 0 Å². The molecule has 0 N–H and O–H groups in total. The van der Waals surface area contributed by atoms with Gasteiger partial charge in [0.1, 0.15) is 0 Å². The van der Waals surface area contributed by atoms with Gasteiger partial charge in [0, 0.05) is 12.1 Å². The van der Waals surface area contributed by atoms with Crippen LogP contribution in [0, 0.1) is 0 Å². The lowest BCUT2D eigenvalue weighted by atomic mass is 9.83. The van der Waals surface area contributed by atoms with E-state index < -0.39 is 0 Å². The summed E-state index contributed by atoms with van der Waals surface area (Å²) in [6, 6.07) is 12.6. The average Bonchev–Trinajstić information content (AvgIpc) is 2.46. The van der Waals surface area contributed by atoms with Gasteiger partial charge in [-0.15, -0.1) is 0 Å². The summed E-state index contributed by atoms with van der Waals surface area (Å²) in [4.78, 5) is 14.8. The molecule has 0 bridgehead atoms. The van der Waals surface area contributed by atoms with Crippen molar-refractivity contribution in [1.82, 2.24) is 4.90 Å². The Hall–Kier alpha value is -2.09. The Morgan fingerprint density at radius 2 is 1.80 bits per heavy atom. The summed E-state index contributed by atoms with van der Waals surface area (Å²) >= 11 is 0. The molecule has 1 amide bonds. The molecule has 20 heavy (non-hydrogen) atoms. The van der Waals surface area contributed by atoms with Gasteiger partial charge in [-0.05, 0) is 42.7 Å². The highest BCUT2D eigenvalue weighted by molar-refractivity contribution is 6.10. The quantitative estimate of drug-likeness (QED) is 0.656. The van der Waals surface area contributed by atoms with E-state index in [0.29, 0.717) is 0 Å². The number of carbonyl (C=O) groups is 1. The van der Waals surface area contributed by atoms with Crippen molar-refractivity contribution < 1.29 is 4.79 Å². The summed E-state index contributed by atoms with van der Waals surface area (Å²) in [5.41, 5.74) is 4.93. The largest absolute Gasteiger partial charge is 0.327 e. The van der Waals surface area contributed by atoms with E-state index in [-0.39, 0.29) is 11.9 Å². The fraction of sp³-hybridized carbons (Fsp3) is 0.278. The average molecular weight is 263 g/mol. The molecule has 2 aliphatic heterocycles. The van der Waals surface area contributed by atoms with Gasteiger partial charge < -0.3 is 4.90 Å². The predicted molar refractivity (Wildman–Crippen MR) is 80.7 cm³/mol. The Bertz CT molecular complexity index is 767. The van der Waals surface area contributed by atoms with Crippen LogP contribution in [0.25, 0.3) is 10.8 Å². The van der Waals surface area contributed by atoms with Crippen LogP contribution in [0.2, 0.25) is 0 Å². The molecule has 4 rings (SSSR count). The molecule has 1 atom stereocenters. The van der Waals surface area contributed by atoms with Gasteiger partial charge in [-0.1, -0.05) is 41.5 Å². The highest BCUT2D eigenvalue weighted by Gasteiger charge is 2.36. The first kappa shape index (κ1) is 11.7. The van der Waals surface area contributed by atoms with Gasteiger partial charge in [-0.2, -0.15) is 0 Å². The maximum absolute atomic E-state index is 12.8. The molecule has 0 fully saturated rings. The fourth-order valence-corrected chi connectivity index (χ4v) is 3.55. The molecule has 0 saturated carbocycles. The molecule has 2 aromatic carbocycles. The van der Waals surface area contributed by atoms with Crippen molar-refractivity contribution in [3.05, 3.63) is 58.7 Å². The Morgan fingerprint density at radius 3 is 2.60 bits per heavy atom. The fourth-order valence-electron chi connectivity index (χ4n) is 3.55. The number of rotatable bonds is 0. The van der Waals surface area contributed by atoms with Crippen molar-refractivity contribution in [2.24, 2.45) is 0 Å². The summed E-state index contributed by atoms with van der Waals surface area (Å²) in [6.45, 7) is 5.10. The van der Waals surface area contributed by atoms with E-state index in [1.807, 2.05) is 17.0 Å². The molecular weight excluding hydrogens is 246 g/mol. The first-order valence-electron chi connectivity index (χ1n) is 7.14. The Kier molecular flexibility index (Phi) is 2.31. The van der Waals surface area contributed by atoms with Gasteiger partial charge in [0.25, 0.3) is 5.91 Å². The second kappa shape index (κ2) is 3.95. The lowest BCUT2D eigenvalue weighted by Crippen LogP contribution is -2.41. The minimum Gasteiger partial charge on any atom is -0.327 e. The van der Waals surface area contributed by atoms with Gasteiger partial charge in [-0.25, -0.2) is 0 Å². The molecule has 2 aromatic rings. The molecular formula is C18H17NO. The van der Waals surface area contributed by atoms with Crippen LogP contribution in [0.15, 0.2) is 47.5 Å². The van der Waals surface area contributed by atoms with Gasteiger partial charge in [-0.3, -0.25) is 4.79 Å². The zero-order valence-corrected chi connectivity index (χ0v) is 11.8. The molecule has 1 unspecified atom stereocenters. The van der Waals surface area contributed by atoms with Crippen LogP contribution < -0.4 is 0 Å². The predicted octanol–water partition coefficient (Wildman–Crippen LogP) is 4.08. The number of amides is 1. The lowest BCUT2D eigenvalue weighted by Gasteiger charge is -2.41. The normalized spacial score (nSPS) is 21.4. The Morgan fingerprint density at radius 1 is 1.05 bits per heavy atom. The summed E-state index contributed by atoms with van der Waals surface area (Å²) in [7, 11) is 0. The monoisotopic (exact) mass is 263 g/mol. The third-order valence-electron chi connectivity index (χ3n) is 4.80. The van der Waals surface area contributed by atoms with Crippen LogP contribution >= 0.6 is 0 Å². The minimum absolute atomic E-state index is 0.186. The van der Waals surface area contributed by atoms with E-state index in [1.54, 1.807) is 0 Å². The van der Waals surface area contributed by atoms with E-state index in [9.17, 15) is 4.79 Å². The first-order valence-corrected chi connectivity index (χ1v) is 7.14. The summed E-state index contributed by atoms with van der Waals surface area (Å²) in [5.74, 6) is 0.186. The molecule has 0 aliphatic carbocycles. The second-order valence-corrected chi connectivity index (χ2v) is 5.96. The smallest absolute Gasteiger partial charge is 0.255 e. The molecule has 2 heterocycles. The van der Waals surface area contributed by atoms with Crippen LogP contribution in [0.5, 0.6) is 0 Å². The number of fused-ring (bicyclic) bond motifs is 2. The van der Waals surface area contributed by atoms with Gasteiger partial charge >= 0.3 is 0 Å². The van der Waals surface area contributed by atoms with Gasteiger partial charge in [0.05, 0.1) is 6.04 Å². The highest BCUT2D eigenvalue weighted by Crippen LogP contribution is 2.42. The van der Waals surface area contributed by atoms with Gasteiger partial charge in [0.2, 0.25) is 0 Å². The van der Waals surface area contributed by atoms with Crippen molar-refractivity contribution >= 4 is 16.7 Å². The molecule has 2 nitrogen and oxygen atoms in total. The van der Waals surface area contributed by atoms with E-state index in [4.69, 9.17) is 0 Å². The van der Waals surface area contributed by atoms with E-state index in [0.717, 1.165) is 23.9 Å². The Labute approximate surface area is 118 Å². The SMILES string of the molecule is CC1=C(C)CN2C(=O)c3cccc4cccc(c34)C2C1. The van der Waals surface area contributed by atoms with Crippen molar-refractivity contribution in [3.8, 4) is 0 Å². The zero-order chi connectivity index (χ0) is 13.9. The highest BCUT2D eigenvalue weighted by atomic mass is 16.2. The third kappa shape index (κ3) is 1.42. The molecule has 0 spiro atoms. The topological polar surface area (TPSA) is 20.3 Å². The van der Waals surface area contributed by atoms with Gasteiger partial charge in [0.15, 0.2) is 0 Å². The minimum atomic E-state index is 0.186. The second-order valence-electron chi connectivity index (χ2n) is 5.96. The van der Waals surface area contributed by atoms with Crippen LogP contribution in [0.3, 0.4) is 0 Å². The van der Waals surface area contributed by atoms with Crippen LogP contribution in [0.1, 0.15) is 42.2 Å². The Balaban J connectivity index is 2.02. The van der Waals surface area contributed by atoms with Crippen LogP contribution in [-0.2, 0) is 0 Å². The first-order chi connectivity index (χ1) is 9.66. The van der Waals surface area contributed by atoms with E-state index in [2.05, 4.69) is 38.1 Å². The van der Waals surface area contributed by atoms with Crippen molar-refractivity contribution in [1.29, 1.82) is 0 Å². The van der Waals surface area contributed by atoms with Crippen molar-refractivity contribution in [2.45, 2.75) is 26.3 Å². The zero-order valence-electron chi connectivity index (χ0n) is 11.8. The van der Waals surface area contributed by atoms with Crippen LogP contribution in [-0.4, -0.2) is 17.4 Å². The van der Waals surface area contributed by atoms with E-state index in [1.165, 1.54) is 22.1 Å². The number of nitrogens with zero attached hydrogens (tertiary/aromatic N) is 1. The summed E-state index contributed by atoms with van der Waals surface area (Å²) in [5, 5.41) is 2.34. The van der Waals surface area contributed by atoms with Crippen LogP contribution in [0.4, 0.5) is 0 Å². The molecule has 0 aromatic heterocycles. The van der Waals surface area contributed by atoms with Crippen molar-refractivity contribution in [2.75, 3.05) is 6.54 Å². The standard InChI is InChI=1S/C18H17NO/c1-11-9-16-14-7-3-5-13-6-4-8-15(17(13)14)18(20)19(16)10-12(11)2/h3-8,16H,9-10H2,1-2H3. The number of carbonyl (C=O) groups excluding carboxylic acids is 1. The maximum Gasteiger partial charge on any atom is 0.255 e. The number of hydrogen-bond acceptors (Lipinski definition) is 1. The molecule has 0 radical (unpaired) electrons. The summed E-state index contributed by atoms with van der Waals surface area (Å²) in [6.07, 6.45) is 0.963. The molecule has 2 aliphatic rings. The molecule has 0 saturated heterocycles. The molecule has 2 heteroatoms. The van der Waals surface area contributed by atoms with E-state index >= 15 is 0 Å². The summed E-state index contributed by atoms with van der Waals surface area (Å²) < 4.78 is 0.